The van der Waals surface area contributed by atoms with Gasteiger partial charge in [-0.05, 0) is 57.2 Å². The maximum atomic E-state index is 13.1. The Morgan fingerprint density at radius 2 is 1.68 bits per heavy atom. The van der Waals surface area contributed by atoms with Gasteiger partial charge in [-0.1, -0.05) is 48.0 Å². The molecule has 180 valence electrons. The highest BCUT2D eigenvalue weighted by atomic mass is 16.2. The van der Waals surface area contributed by atoms with Gasteiger partial charge in [0.15, 0.2) is 0 Å². The molecule has 0 unspecified atom stereocenters. The number of hydrogen-bond donors (Lipinski definition) is 1. The number of aryl methyl sites for hydroxylation is 2. The second kappa shape index (κ2) is 10.9. The molecule has 0 saturated carbocycles. The largest absolute Gasteiger partial charge is 0.353 e. The lowest BCUT2D eigenvalue weighted by Gasteiger charge is -2.33. The second-order valence-electron chi connectivity index (χ2n) is 9.77. The summed E-state index contributed by atoms with van der Waals surface area (Å²) < 4.78 is 0. The van der Waals surface area contributed by atoms with E-state index in [-0.39, 0.29) is 42.0 Å². The van der Waals surface area contributed by atoms with Gasteiger partial charge < -0.3 is 15.1 Å². The number of likely N-dealkylation sites (tertiary alicyclic amines) is 1. The van der Waals surface area contributed by atoms with Gasteiger partial charge in [-0.15, -0.1) is 0 Å². The van der Waals surface area contributed by atoms with Crippen molar-refractivity contribution >= 4 is 23.4 Å². The zero-order valence-corrected chi connectivity index (χ0v) is 20.2. The Morgan fingerprint density at radius 1 is 1.00 bits per heavy atom. The number of anilines is 1. The highest BCUT2D eigenvalue weighted by Crippen LogP contribution is 2.28. The number of benzene rings is 2. The van der Waals surface area contributed by atoms with E-state index >= 15 is 0 Å². The molecule has 2 saturated heterocycles. The van der Waals surface area contributed by atoms with Crippen LogP contribution in [0.25, 0.3) is 0 Å². The van der Waals surface area contributed by atoms with Crippen molar-refractivity contribution in [1.29, 1.82) is 0 Å². The first-order valence-corrected chi connectivity index (χ1v) is 12.4. The highest BCUT2D eigenvalue weighted by Gasteiger charge is 2.38. The average molecular weight is 462 g/mol. The fourth-order valence-corrected chi connectivity index (χ4v) is 4.93. The second-order valence-corrected chi connectivity index (χ2v) is 9.77. The summed E-state index contributed by atoms with van der Waals surface area (Å²) in [4.78, 5) is 42.0. The van der Waals surface area contributed by atoms with Gasteiger partial charge in [0.05, 0.1) is 5.92 Å². The van der Waals surface area contributed by atoms with Crippen LogP contribution in [0.4, 0.5) is 5.69 Å². The van der Waals surface area contributed by atoms with Crippen LogP contribution in [0.15, 0.2) is 54.6 Å². The number of nitrogens with one attached hydrogen (secondary N) is 1. The summed E-state index contributed by atoms with van der Waals surface area (Å²) >= 11 is 0. The molecule has 6 nitrogen and oxygen atoms in total. The van der Waals surface area contributed by atoms with E-state index < -0.39 is 0 Å². The molecule has 0 bridgehead atoms. The maximum absolute atomic E-state index is 13.1. The number of carbonyl (C=O) groups excluding carboxylic acids is 3. The van der Waals surface area contributed by atoms with Crippen molar-refractivity contribution in [2.75, 3.05) is 24.5 Å². The molecule has 2 aromatic carbocycles. The van der Waals surface area contributed by atoms with E-state index in [9.17, 15) is 14.4 Å². The first-order chi connectivity index (χ1) is 16.4. The summed E-state index contributed by atoms with van der Waals surface area (Å²) in [6.45, 7) is 5.64. The van der Waals surface area contributed by atoms with E-state index in [1.165, 1.54) is 5.56 Å². The third-order valence-electron chi connectivity index (χ3n) is 7.09. The van der Waals surface area contributed by atoms with Crippen LogP contribution in [0.2, 0.25) is 0 Å². The quantitative estimate of drug-likeness (QED) is 0.683. The van der Waals surface area contributed by atoms with Gasteiger partial charge in [-0.3, -0.25) is 14.4 Å². The van der Waals surface area contributed by atoms with Gasteiger partial charge in [0.25, 0.3) is 0 Å². The number of amides is 3. The van der Waals surface area contributed by atoms with Gasteiger partial charge in [-0.25, -0.2) is 0 Å². The molecule has 1 N–H and O–H groups in total. The SMILES string of the molecule is Cc1ccc(N2C[C@@H](C(=O)N3CCC(C(=O)N[C@H](C)CCc4ccccc4)CC3)CC2=O)cc1. The molecule has 4 rings (SSSR count). The summed E-state index contributed by atoms with van der Waals surface area (Å²) in [6, 6.07) is 18.3. The van der Waals surface area contributed by atoms with Crippen molar-refractivity contribution in [2.24, 2.45) is 11.8 Å². The molecule has 2 heterocycles. The van der Waals surface area contributed by atoms with Crippen molar-refractivity contribution in [3.63, 3.8) is 0 Å². The Morgan fingerprint density at radius 3 is 2.35 bits per heavy atom. The lowest BCUT2D eigenvalue weighted by Crippen LogP contribution is -2.46. The third kappa shape index (κ3) is 5.85. The van der Waals surface area contributed by atoms with Crippen molar-refractivity contribution < 1.29 is 14.4 Å². The lowest BCUT2D eigenvalue weighted by atomic mass is 9.94. The molecular weight excluding hydrogens is 426 g/mol. The molecule has 34 heavy (non-hydrogen) atoms. The minimum absolute atomic E-state index is 0.000886. The zero-order valence-electron chi connectivity index (χ0n) is 20.2. The van der Waals surface area contributed by atoms with Gasteiger partial charge in [0.2, 0.25) is 17.7 Å². The van der Waals surface area contributed by atoms with Crippen LogP contribution in [0, 0.1) is 18.8 Å². The average Bonchev–Trinajstić information content (AvgIpc) is 3.25. The van der Waals surface area contributed by atoms with Crippen molar-refractivity contribution in [3.8, 4) is 0 Å². The fraction of sp³-hybridized carbons (Fsp3) is 0.464. The van der Waals surface area contributed by atoms with Crippen LogP contribution in [-0.4, -0.2) is 48.3 Å². The molecule has 0 radical (unpaired) electrons. The van der Waals surface area contributed by atoms with Crippen LogP contribution in [0.3, 0.4) is 0 Å². The third-order valence-corrected chi connectivity index (χ3v) is 7.09. The van der Waals surface area contributed by atoms with E-state index in [2.05, 4.69) is 24.4 Å². The van der Waals surface area contributed by atoms with E-state index in [1.807, 2.05) is 54.3 Å². The molecule has 2 atom stereocenters. The van der Waals surface area contributed by atoms with Gasteiger partial charge in [-0.2, -0.15) is 0 Å². The van der Waals surface area contributed by atoms with E-state index in [0.29, 0.717) is 32.5 Å². The highest BCUT2D eigenvalue weighted by molar-refractivity contribution is 6.00. The Balaban J connectivity index is 1.22. The van der Waals surface area contributed by atoms with Gasteiger partial charge in [0.1, 0.15) is 0 Å². The molecule has 3 amide bonds. The van der Waals surface area contributed by atoms with Crippen molar-refractivity contribution in [1.82, 2.24) is 10.2 Å². The number of piperidine rings is 1. The Bertz CT molecular complexity index is 997. The Labute approximate surface area is 202 Å². The molecule has 2 aliphatic rings. The Hall–Kier alpha value is -3.15. The van der Waals surface area contributed by atoms with E-state index in [1.54, 1.807) is 4.90 Å². The molecule has 0 aromatic heterocycles. The van der Waals surface area contributed by atoms with Crippen LogP contribution in [0.5, 0.6) is 0 Å². The number of rotatable bonds is 7. The maximum Gasteiger partial charge on any atom is 0.228 e. The topological polar surface area (TPSA) is 69.7 Å². The fourth-order valence-electron chi connectivity index (χ4n) is 4.93. The number of nitrogens with zero attached hydrogens (tertiary/aromatic N) is 2. The van der Waals surface area contributed by atoms with Crippen LogP contribution in [-0.2, 0) is 20.8 Å². The smallest absolute Gasteiger partial charge is 0.228 e. The summed E-state index contributed by atoms with van der Waals surface area (Å²) in [7, 11) is 0. The van der Waals surface area contributed by atoms with Crippen molar-refractivity contribution in [2.45, 2.75) is 52.0 Å². The predicted octanol–water partition coefficient (Wildman–Crippen LogP) is 3.72. The van der Waals surface area contributed by atoms with Crippen LogP contribution >= 0.6 is 0 Å². The molecular formula is C28H35N3O3. The zero-order chi connectivity index (χ0) is 24.1. The molecule has 2 aliphatic heterocycles. The van der Waals surface area contributed by atoms with Crippen molar-refractivity contribution in [3.05, 3.63) is 65.7 Å². The number of carbonyl (C=O) groups is 3. The standard InChI is InChI=1S/C28H35N3O3/c1-20-8-12-25(13-9-20)31-19-24(18-26(31)32)28(34)30-16-14-23(15-17-30)27(33)29-21(2)10-11-22-6-4-3-5-7-22/h3-9,12-13,21,23-24H,10-11,14-19H2,1-2H3,(H,29,33)/t21-,24+/m1/s1. The molecule has 2 fully saturated rings. The lowest BCUT2D eigenvalue weighted by molar-refractivity contribution is -0.139. The molecule has 0 aliphatic carbocycles. The molecule has 6 heteroatoms. The minimum atomic E-state index is -0.308. The first kappa shape index (κ1) is 24.0. The normalized spacial score (nSPS) is 19.8. The summed E-state index contributed by atoms with van der Waals surface area (Å²) in [5.41, 5.74) is 3.27. The van der Waals surface area contributed by atoms with Gasteiger partial charge >= 0.3 is 0 Å². The van der Waals surface area contributed by atoms with Crippen LogP contribution < -0.4 is 10.2 Å². The first-order valence-electron chi connectivity index (χ1n) is 12.4. The number of hydrogen-bond acceptors (Lipinski definition) is 3. The molecule has 2 aromatic rings. The minimum Gasteiger partial charge on any atom is -0.353 e. The monoisotopic (exact) mass is 461 g/mol. The summed E-state index contributed by atoms with van der Waals surface area (Å²) in [6.07, 6.45) is 3.44. The Kier molecular flexibility index (Phi) is 7.66. The van der Waals surface area contributed by atoms with Crippen LogP contribution in [0.1, 0.15) is 43.7 Å². The summed E-state index contributed by atoms with van der Waals surface area (Å²) in [5.74, 6) is -0.233. The van der Waals surface area contributed by atoms with Gasteiger partial charge in [0, 0.05) is 43.7 Å². The van der Waals surface area contributed by atoms with E-state index in [0.717, 1.165) is 24.1 Å². The molecule has 0 spiro atoms. The summed E-state index contributed by atoms with van der Waals surface area (Å²) in [5, 5.41) is 3.16. The predicted molar refractivity (Wildman–Crippen MR) is 133 cm³/mol. The van der Waals surface area contributed by atoms with E-state index in [4.69, 9.17) is 0 Å².